The topological polar surface area (TPSA) is 3.24 Å². The van der Waals surface area contributed by atoms with E-state index in [9.17, 15) is 0 Å². The first-order valence-electron chi connectivity index (χ1n) is 4.07. The highest BCUT2D eigenvalue weighted by molar-refractivity contribution is 4.69. The zero-order valence-electron chi connectivity index (χ0n) is 7.43. The standard InChI is InChI=1S/C9H19N/c1-5-10(6-2)8-7-9(3)4/h5,9H,1,6-8H2,2-4H3. The number of hydrogen-bond acceptors (Lipinski definition) is 1. The van der Waals surface area contributed by atoms with Crippen LogP contribution < -0.4 is 0 Å². The lowest BCUT2D eigenvalue weighted by molar-refractivity contribution is 0.362. The Labute approximate surface area is 64.7 Å². The Balaban J connectivity index is 3.34. The van der Waals surface area contributed by atoms with Crippen LogP contribution in [0.25, 0.3) is 0 Å². The molecule has 0 bridgehead atoms. The molecule has 10 heavy (non-hydrogen) atoms. The first-order chi connectivity index (χ1) is 4.70. The molecule has 1 nitrogen and oxygen atoms in total. The minimum atomic E-state index is 0.800. The average molecular weight is 141 g/mol. The molecule has 0 unspecified atom stereocenters. The lowest BCUT2D eigenvalue weighted by Gasteiger charge is -2.18. The van der Waals surface area contributed by atoms with Gasteiger partial charge >= 0.3 is 0 Å². The van der Waals surface area contributed by atoms with Crippen molar-refractivity contribution >= 4 is 0 Å². The average Bonchev–Trinajstić information content (AvgIpc) is 1.90. The normalized spacial score (nSPS) is 10.0. The van der Waals surface area contributed by atoms with E-state index in [1.807, 2.05) is 6.20 Å². The Morgan fingerprint density at radius 3 is 2.40 bits per heavy atom. The van der Waals surface area contributed by atoms with Gasteiger partial charge in [0.25, 0.3) is 0 Å². The van der Waals surface area contributed by atoms with Gasteiger partial charge < -0.3 is 4.90 Å². The molecule has 60 valence electrons. The zero-order chi connectivity index (χ0) is 7.98. The summed E-state index contributed by atoms with van der Waals surface area (Å²) in [5.41, 5.74) is 0. The highest BCUT2D eigenvalue weighted by atomic mass is 15.1. The van der Waals surface area contributed by atoms with Gasteiger partial charge in [0, 0.05) is 13.1 Å². The summed E-state index contributed by atoms with van der Waals surface area (Å²) in [6, 6.07) is 0. The van der Waals surface area contributed by atoms with Crippen molar-refractivity contribution < 1.29 is 0 Å². The Bertz CT molecular complexity index is 86.7. The SMILES string of the molecule is C=CN(CC)CCC(C)C. The van der Waals surface area contributed by atoms with E-state index in [-0.39, 0.29) is 0 Å². The van der Waals surface area contributed by atoms with Crippen LogP contribution in [0.5, 0.6) is 0 Å². The van der Waals surface area contributed by atoms with Gasteiger partial charge in [0.15, 0.2) is 0 Å². The summed E-state index contributed by atoms with van der Waals surface area (Å²) in [5.74, 6) is 0.800. The number of hydrogen-bond donors (Lipinski definition) is 0. The minimum absolute atomic E-state index is 0.800. The van der Waals surface area contributed by atoms with Crippen molar-refractivity contribution in [2.75, 3.05) is 13.1 Å². The first kappa shape index (κ1) is 9.54. The fourth-order valence-corrected chi connectivity index (χ4v) is 0.803. The van der Waals surface area contributed by atoms with Crippen molar-refractivity contribution in [3.8, 4) is 0 Å². The second-order valence-corrected chi connectivity index (χ2v) is 2.99. The van der Waals surface area contributed by atoms with Gasteiger partial charge in [0.05, 0.1) is 0 Å². The highest BCUT2D eigenvalue weighted by Gasteiger charge is 1.96. The molecule has 0 aromatic rings. The van der Waals surface area contributed by atoms with Gasteiger partial charge in [0.1, 0.15) is 0 Å². The summed E-state index contributed by atoms with van der Waals surface area (Å²) in [5, 5.41) is 0. The van der Waals surface area contributed by atoms with Crippen molar-refractivity contribution in [3.63, 3.8) is 0 Å². The van der Waals surface area contributed by atoms with Crippen LogP contribution in [0.2, 0.25) is 0 Å². The molecular formula is C9H19N. The Hall–Kier alpha value is -0.460. The molecule has 0 aromatic heterocycles. The van der Waals surface area contributed by atoms with Gasteiger partial charge in [-0.2, -0.15) is 0 Å². The maximum Gasteiger partial charge on any atom is 0.0174 e. The Kier molecular flexibility index (Phi) is 5.09. The molecule has 0 aliphatic heterocycles. The molecule has 0 fully saturated rings. The molecule has 0 rings (SSSR count). The predicted molar refractivity (Wildman–Crippen MR) is 46.9 cm³/mol. The molecule has 0 aromatic carbocycles. The van der Waals surface area contributed by atoms with Crippen molar-refractivity contribution in [1.82, 2.24) is 4.90 Å². The summed E-state index contributed by atoms with van der Waals surface area (Å²) >= 11 is 0. The lowest BCUT2D eigenvalue weighted by atomic mass is 10.1. The third-order valence-electron chi connectivity index (χ3n) is 1.66. The van der Waals surface area contributed by atoms with E-state index in [2.05, 4.69) is 32.3 Å². The van der Waals surface area contributed by atoms with E-state index in [0.29, 0.717) is 0 Å². The van der Waals surface area contributed by atoms with Crippen LogP contribution in [0.4, 0.5) is 0 Å². The van der Waals surface area contributed by atoms with Crippen LogP contribution in [0.15, 0.2) is 12.8 Å². The number of rotatable bonds is 5. The third-order valence-corrected chi connectivity index (χ3v) is 1.66. The Morgan fingerprint density at radius 1 is 1.50 bits per heavy atom. The van der Waals surface area contributed by atoms with Crippen molar-refractivity contribution in [3.05, 3.63) is 12.8 Å². The molecule has 0 spiro atoms. The van der Waals surface area contributed by atoms with E-state index < -0.39 is 0 Å². The van der Waals surface area contributed by atoms with Crippen molar-refractivity contribution in [2.45, 2.75) is 27.2 Å². The molecule has 0 aliphatic carbocycles. The van der Waals surface area contributed by atoms with Crippen LogP contribution in [0.1, 0.15) is 27.2 Å². The maximum atomic E-state index is 3.74. The van der Waals surface area contributed by atoms with Gasteiger partial charge in [-0.25, -0.2) is 0 Å². The Morgan fingerprint density at radius 2 is 2.10 bits per heavy atom. The second-order valence-electron chi connectivity index (χ2n) is 2.99. The van der Waals surface area contributed by atoms with E-state index >= 15 is 0 Å². The molecule has 0 saturated carbocycles. The van der Waals surface area contributed by atoms with Gasteiger partial charge in [0.2, 0.25) is 0 Å². The van der Waals surface area contributed by atoms with E-state index in [0.717, 1.165) is 19.0 Å². The van der Waals surface area contributed by atoms with Crippen LogP contribution in [0, 0.1) is 5.92 Å². The van der Waals surface area contributed by atoms with Gasteiger partial charge in [-0.15, -0.1) is 0 Å². The van der Waals surface area contributed by atoms with Crippen LogP contribution in [0.3, 0.4) is 0 Å². The van der Waals surface area contributed by atoms with Crippen LogP contribution >= 0.6 is 0 Å². The lowest BCUT2D eigenvalue weighted by Crippen LogP contribution is -2.18. The van der Waals surface area contributed by atoms with Gasteiger partial charge in [-0.3, -0.25) is 0 Å². The van der Waals surface area contributed by atoms with Crippen LogP contribution in [-0.2, 0) is 0 Å². The fraction of sp³-hybridized carbons (Fsp3) is 0.778. The largest absolute Gasteiger partial charge is 0.378 e. The second kappa shape index (κ2) is 5.33. The molecule has 0 aliphatic rings. The van der Waals surface area contributed by atoms with Crippen molar-refractivity contribution in [1.29, 1.82) is 0 Å². The molecule has 0 radical (unpaired) electrons. The highest BCUT2D eigenvalue weighted by Crippen LogP contribution is 2.01. The minimum Gasteiger partial charge on any atom is -0.378 e. The first-order valence-corrected chi connectivity index (χ1v) is 4.07. The molecule has 0 N–H and O–H groups in total. The molecule has 1 heteroatoms. The summed E-state index contributed by atoms with van der Waals surface area (Å²) in [4.78, 5) is 2.24. The van der Waals surface area contributed by atoms with E-state index in [1.54, 1.807) is 0 Å². The maximum absolute atomic E-state index is 3.74. The smallest absolute Gasteiger partial charge is 0.0174 e. The quantitative estimate of drug-likeness (QED) is 0.568. The summed E-state index contributed by atoms with van der Waals surface area (Å²) < 4.78 is 0. The molecule has 0 heterocycles. The van der Waals surface area contributed by atoms with E-state index in [1.165, 1.54) is 6.42 Å². The van der Waals surface area contributed by atoms with Gasteiger partial charge in [-0.1, -0.05) is 20.4 Å². The molecule has 0 amide bonds. The fourth-order valence-electron chi connectivity index (χ4n) is 0.803. The molecular weight excluding hydrogens is 122 g/mol. The zero-order valence-corrected chi connectivity index (χ0v) is 7.43. The summed E-state index contributed by atoms with van der Waals surface area (Å²) in [6.45, 7) is 12.6. The van der Waals surface area contributed by atoms with E-state index in [4.69, 9.17) is 0 Å². The van der Waals surface area contributed by atoms with Crippen LogP contribution in [-0.4, -0.2) is 18.0 Å². The number of nitrogens with zero attached hydrogens (tertiary/aromatic N) is 1. The van der Waals surface area contributed by atoms with Crippen molar-refractivity contribution in [2.24, 2.45) is 5.92 Å². The van der Waals surface area contributed by atoms with Gasteiger partial charge in [-0.05, 0) is 25.5 Å². The molecule has 0 atom stereocenters. The predicted octanol–water partition coefficient (Wildman–Crippen LogP) is 2.50. The molecule has 0 saturated heterocycles. The third kappa shape index (κ3) is 4.42. The summed E-state index contributed by atoms with van der Waals surface area (Å²) in [6.07, 6.45) is 3.18. The summed E-state index contributed by atoms with van der Waals surface area (Å²) in [7, 11) is 0. The monoisotopic (exact) mass is 141 g/mol.